The number of ketones is 1. The van der Waals surface area contributed by atoms with Crippen molar-refractivity contribution in [3.05, 3.63) is 50.7 Å². The average Bonchev–Trinajstić information content (AvgIpc) is 3.07. The summed E-state index contributed by atoms with van der Waals surface area (Å²) in [6.45, 7) is 6.51. The summed E-state index contributed by atoms with van der Waals surface area (Å²) in [7, 11) is -3.61. The highest BCUT2D eigenvalue weighted by atomic mass is 32.2. The van der Waals surface area contributed by atoms with Crippen molar-refractivity contribution in [2.45, 2.75) is 64.2 Å². The number of aryl methyl sites for hydroxylation is 2. The molecule has 0 amide bonds. The Bertz CT molecular complexity index is 1000. The molecule has 1 aromatic carbocycles. The first-order valence-corrected chi connectivity index (χ1v) is 12.8. The number of fused-ring (bicyclic) bond motifs is 1. The number of nitrogens with one attached hydrogen (secondary N) is 1. The summed E-state index contributed by atoms with van der Waals surface area (Å²) in [5.74, 6) is 0.192. The highest BCUT2D eigenvalue weighted by Crippen LogP contribution is 2.42. The number of rotatable bonds is 9. The second-order valence-electron chi connectivity index (χ2n) is 8.69. The van der Waals surface area contributed by atoms with E-state index in [0.717, 1.165) is 36.1 Å². The number of sulfonamides is 1. The Morgan fingerprint density at radius 3 is 2.53 bits per heavy atom. The Labute approximate surface area is 183 Å². The summed E-state index contributed by atoms with van der Waals surface area (Å²) in [4.78, 5) is 15.5. The molecule has 0 saturated carbocycles. The molecule has 0 bridgehead atoms. The van der Waals surface area contributed by atoms with E-state index in [-0.39, 0.29) is 23.8 Å². The van der Waals surface area contributed by atoms with E-state index in [1.165, 1.54) is 16.0 Å². The van der Waals surface area contributed by atoms with Crippen molar-refractivity contribution in [3.8, 4) is 0 Å². The number of carbonyl (C=O) groups is 1. The first-order chi connectivity index (χ1) is 14.2. The molecule has 0 radical (unpaired) electrons. The maximum absolute atomic E-state index is 13.0. The quantitative estimate of drug-likeness (QED) is 0.569. The average molecular weight is 450 g/mol. The smallest absolute Gasteiger partial charge is 0.240 e. The third-order valence-electron chi connectivity index (χ3n) is 5.76. The molecule has 2 N–H and O–H groups in total. The fraction of sp³-hybridized carbons (Fsp3) is 0.522. The first kappa shape index (κ1) is 23.1. The van der Waals surface area contributed by atoms with Crippen LogP contribution in [0.1, 0.15) is 64.9 Å². The predicted octanol–water partition coefficient (Wildman–Crippen LogP) is 3.91. The van der Waals surface area contributed by atoms with E-state index in [1.807, 2.05) is 0 Å². The summed E-state index contributed by atoms with van der Waals surface area (Å²) >= 11 is 1.68. The molecule has 0 atom stereocenters. The minimum atomic E-state index is -3.61. The number of hydrogen-bond acceptors (Lipinski definition) is 5. The van der Waals surface area contributed by atoms with Crippen molar-refractivity contribution in [2.24, 2.45) is 5.41 Å². The number of carbonyl (C=O) groups excluding carboxylic acids is 1. The summed E-state index contributed by atoms with van der Waals surface area (Å²) < 4.78 is 26.5. The van der Waals surface area contributed by atoms with E-state index in [9.17, 15) is 13.2 Å². The SMILES string of the molecule is CCc1sc(C(=O)CCc2ccc(S(=O)(=O)NCCO)cc2)c2c1CC(C)(C)CC2. The van der Waals surface area contributed by atoms with E-state index < -0.39 is 10.0 Å². The van der Waals surface area contributed by atoms with Gasteiger partial charge in [0.25, 0.3) is 0 Å². The van der Waals surface area contributed by atoms with Gasteiger partial charge in [-0.15, -0.1) is 11.3 Å². The maximum Gasteiger partial charge on any atom is 0.240 e. The van der Waals surface area contributed by atoms with Crippen LogP contribution >= 0.6 is 11.3 Å². The van der Waals surface area contributed by atoms with Crippen LogP contribution in [0.15, 0.2) is 29.2 Å². The van der Waals surface area contributed by atoms with Crippen molar-refractivity contribution >= 4 is 27.1 Å². The Morgan fingerprint density at radius 1 is 1.20 bits per heavy atom. The molecule has 7 heteroatoms. The van der Waals surface area contributed by atoms with E-state index in [2.05, 4.69) is 25.5 Å². The minimum Gasteiger partial charge on any atom is -0.395 e. The molecule has 164 valence electrons. The van der Waals surface area contributed by atoms with Crippen LogP contribution < -0.4 is 4.72 Å². The zero-order valence-corrected chi connectivity index (χ0v) is 19.6. The number of thiophene rings is 1. The Kier molecular flexibility index (Phi) is 7.17. The van der Waals surface area contributed by atoms with Gasteiger partial charge in [-0.2, -0.15) is 0 Å². The van der Waals surface area contributed by atoms with Gasteiger partial charge in [-0.1, -0.05) is 32.9 Å². The minimum absolute atomic E-state index is 0.0132. The molecule has 30 heavy (non-hydrogen) atoms. The highest BCUT2D eigenvalue weighted by molar-refractivity contribution is 7.89. The molecule has 0 unspecified atom stereocenters. The molecule has 2 aromatic rings. The lowest BCUT2D eigenvalue weighted by molar-refractivity contribution is 0.0985. The molecule has 0 spiro atoms. The molecular weight excluding hydrogens is 418 g/mol. The van der Waals surface area contributed by atoms with Gasteiger partial charge in [-0.3, -0.25) is 4.79 Å². The standard InChI is InChI=1S/C23H31NO4S2/c1-4-21-19-15-23(2,3)12-11-18(19)22(29-21)20(26)10-7-16-5-8-17(9-6-16)30(27,28)24-13-14-25/h5-6,8-9,24-25H,4,7,10-15H2,1-3H3. The maximum atomic E-state index is 13.0. The lowest BCUT2D eigenvalue weighted by atomic mass is 9.74. The van der Waals surface area contributed by atoms with Gasteiger partial charge in [0.15, 0.2) is 5.78 Å². The van der Waals surface area contributed by atoms with Crippen LogP contribution in [0, 0.1) is 5.41 Å². The molecule has 3 rings (SSSR count). The molecule has 0 aliphatic heterocycles. The van der Waals surface area contributed by atoms with Gasteiger partial charge in [0.2, 0.25) is 10.0 Å². The summed E-state index contributed by atoms with van der Waals surface area (Å²) in [5.41, 5.74) is 3.92. The zero-order valence-electron chi connectivity index (χ0n) is 18.0. The normalized spacial score (nSPS) is 15.7. The van der Waals surface area contributed by atoms with Crippen LogP contribution in [-0.4, -0.2) is 32.5 Å². The second kappa shape index (κ2) is 9.30. The van der Waals surface area contributed by atoms with Gasteiger partial charge in [0.05, 0.1) is 16.4 Å². The fourth-order valence-electron chi connectivity index (χ4n) is 4.03. The van der Waals surface area contributed by atoms with Gasteiger partial charge in [0.1, 0.15) is 0 Å². The molecule has 0 saturated heterocycles. The van der Waals surface area contributed by atoms with Crippen LogP contribution in [0.3, 0.4) is 0 Å². The Morgan fingerprint density at radius 2 is 1.90 bits per heavy atom. The van der Waals surface area contributed by atoms with E-state index in [0.29, 0.717) is 18.3 Å². The van der Waals surface area contributed by atoms with Crippen LogP contribution in [0.2, 0.25) is 0 Å². The number of aliphatic hydroxyl groups is 1. The monoisotopic (exact) mass is 449 g/mol. The van der Waals surface area contributed by atoms with Crippen molar-refractivity contribution in [2.75, 3.05) is 13.2 Å². The molecular formula is C23H31NO4S2. The van der Waals surface area contributed by atoms with Crippen LogP contribution in [0.5, 0.6) is 0 Å². The highest BCUT2D eigenvalue weighted by Gasteiger charge is 2.31. The topological polar surface area (TPSA) is 83.5 Å². The predicted molar refractivity (Wildman–Crippen MR) is 121 cm³/mol. The lowest BCUT2D eigenvalue weighted by Gasteiger charge is -2.30. The van der Waals surface area contributed by atoms with Gasteiger partial charge in [0, 0.05) is 17.8 Å². The number of Topliss-reactive ketones (excluding diaryl/α,β-unsaturated/α-hetero) is 1. The Hall–Kier alpha value is -1.54. The third kappa shape index (κ3) is 5.19. The van der Waals surface area contributed by atoms with Crippen molar-refractivity contribution in [1.82, 2.24) is 4.72 Å². The van der Waals surface area contributed by atoms with Gasteiger partial charge >= 0.3 is 0 Å². The van der Waals surface area contributed by atoms with E-state index in [1.54, 1.807) is 35.6 Å². The summed E-state index contributed by atoms with van der Waals surface area (Å²) in [6, 6.07) is 6.60. The fourth-order valence-corrected chi connectivity index (χ4v) is 6.33. The molecule has 5 nitrogen and oxygen atoms in total. The second-order valence-corrected chi connectivity index (χ2v) is 11.6. The summed E-state index contributed by atoms with van der Waals surface area (Å²) in [6.07, 6.45) is 5.12. The van der Waals surface area contributed by atoms with Crippen LogP contribution in [0.25, 0.3) is 0 Å². The van der Waals surface area contributed by atoms with E-state index in [4.69, 9.17) is 5.11 Å². The van der Waals surface area contributed by atoms with Crippen molar-refractivity contribution in [1.29, 1.82) is 0 Å². The summed E-state index contributed by atoms with van der Waals surface area (Å²) in [5, 5.41) is 8.80. The Balaban J connectivity index is 1.69. The number of aliphatic hydroxyl groups excluding tert-OH is 1. The van der Waals surface area contributed by atoms with Crippen molar-refractivity contribution < 1.29 is 18.3 Å². The third-order valence-corrected chi connectivity index (χ3v) is 8.70. The molecule has 1 aliphatic rings. The lowest BCUT2D eigenvalue weighted by Crippen LogP contribution is -2.26. The first-order valence-electron chi connectivity index (χ1n) is 10.5. The van der Waals surface area contributed by atoms with Gasteiger partial charge < -0.3 is 5.11 Å². The van der Waals surface area contributed by atoms with Crippen LogP contribution in [0.4, 0.5) is 0 Å². The largest absolute Gasteiger partial charge is 0.395 e. The molecule has 1 aliphatic carbocycles. The van der Waals surface area contributed by atoms with Gasteiger partial charge in [-0.05, 0) is 66.3 Å². The van der Waals surface area contributed by atoms with Gasteiger partial charge in [-0.25, -0.2) is 13.1 Å². The zero-order chi connectivity index (χ0) is 21.9. The molecule has 1 heterocycles. The van der Waals surface area contributed by atoms with Crippen molar-refractivity contribution in [3.63, 3.8) is 0 Å². The molecule has 1 aromatic heterocycles. The van der Waals surface area contributed by atoms with E-state index >= 15 is 0 Å². The number of benzene rings is 1. The number of hydrogen-bond donors (Lipinski definition) is 2. The van der Waals surface area contributed by atoms with Crippen LogP contribution in [-0.2, 0) is 35.7 Å². The molecule has 0 fully saturated rings.